The van der Waals surface area contributed by atoms with E-state index in [9.17, 15) is 14.7 Å². The molecule has 1 atom stereocenters. The molecule has 0 radical (unpaired) electrons. The maximum Gasteiger partial charge on any atom is 0.314 e. The molecule has 1 unspecified atom stereocenters. The van der Waals surface area contributed by atoms with Crippen LogP contribution in [0.4, 0.5) is 4.79 Å². The fraction of sp³-hybridized carbons (Fsp3) is 0.857. The van der Waals surface area contributed by atoms with Gasteiger partial charge in [0.25, 0.3) is 0 Å². The highest BCUT2D eigenvalue weighted by molar-refractivity contribution is 5.74. The molecule has 6 nitrogen and oxygen atoms in total. The zero-order chi connectivity index (χ0) is 15.8. The molecule has 0 spiro atoms. The van der Waals surface area contributed by atoms with E-state index < -0.39 is 18.0 Å². The minimum Gasteiger partial charge on any atom is -0.481 e. The number of nitrogens with one attached hydrogen (secondary N) is 2. The van der Waals surface area contributed by atoms with Gasteiger partial charge in [0.15, 0.2) is 0 Å². The molecule has 0 aliphatic heterocycles. The number of carboxylic acid groups (broad SMARTS) is 1. The molecule has 0 aromatic heterocycles. The Morgan fingerprint density at radius 3 is 2.05 bits per heavy atom. The topological polar surface area (TPSA) is 98.7 Å². The molecule has 1 aliphatic rings. The van der Waals surface area contributed by atoms with E-state index in [-0.39, 0.29) is 23.4 Å². The third-order valence-corrected chi connectivity index (χ3v) is 4.95. The molecule has 4 N–H and O–H groups in total. The standard InChI is InChI=1S/C14H26N2O4/c1-12(2)9(13(12,3)4)7-15-11(19)16-8-14(5,20)6-10(17)18/h9,20H,6-8H2,1-5H3,(H,17,18)(H2,15,16,19). The largest absolute Gasteiger partial charge is 0.481 e. The molecular weight excluding hydrogens is 260 g/mol. The summed E-state index contributed by atoms with van der Waals surface area (Å²) in [6.45, 7) is 10.6. The van der Waals surface area contributed by atoms with Gasteiger partial charge in [-0.1, -0.05) is 27.7 Å². The van der Waals surface area contributed by atoms with Crippen molar-refractivity contribution in [2.45, 2.75) is 46.6 Å². The van der Waals surface area contributed by atoms with Gasteiger partial charge in [0.2, 0.25) is 0 Å². The lowest BCUT2D eigenvalue weighted by Crippen LogP contribution is -2.46. The van der Waals surface area contributed by atoms with Crippen molar-refractivity contribution in [3.8, 4) is 0 Å². The predicted molar refractivity (Wildman–Crippen MR) is 75.3 cm³/mol. The van der Waals surface area contributed by atoms with E-state index in [0.29, 0.717) is 12.5 Å². The summed E-state index contributed by atoms with van der Waals surface area (Å²) in [6.07, 6.45) is -0.407. The molecule has 0 aromatic carbocycles. The Bertz CT molecular complexity index is 388. The number of carbonyl (C=O) groups excluding carboxylic acids is 1. The number of amides is 2. The van der Waals surface area contributed by atoms with Crippen LogP contribution in [0.2, 0.25) is 0 Å². The summed E-state index contributed by atoms with van der Waals surface area (Å²) in [6, 6.07) is -0.380. The Morgan fingerprint density at radius 2 is 1.65 bits per heavy atom. The molecule has 2 amide bonds. The molecule has 1 fully saturated rings. The van der Waals surface area contributed by atoms with Crippen molar-refractivity contribution in [3.05, 3.63) is 0 Å². The summed E-state index contributed by atoms with van der Waals surface area (Å²) >= 11 is 0. The lowest BCUT2D eigenvalue weighted by Gasteiger charge is -2.21. The Morgan fingerprint density at radius 1 is 1.15 bits per heavy atom. The van der Waals surface area contributed by atoms with Gasteiger partial charge < -0.3 is 20.8 Å². The summed E-state index contributed by atoms with van der Waals surface area (Å²) in [7, 11) is 0. The van der Waals surface area contributed by atoms with Crippen LogP contribution in [0.25, 0.3) is 0 Å². The van der Waals surface area contributed by atoms with E-state index in [1.54, 1.807) is 0 Å². The molecular formula is C14H26N2O4. The first-order chi connectivity index (χ1) is 8.90. The van der Waals surface area contributed by atoms with Crippen molar-refractivity contribution in [1.82, 2.24) is 10.6 Å². The number of rotatable bonds is 6. The van der Waals surface area contributed by atoms with Gasteiger partial charge in [-0.05, 0) is 23.7 Å². The average Bonchev–Trinajstić information content (AvgIpc) is 2.62. The summed E-state index contributed by atoms with van der Waals surface area (Å²) in [5.41, 5.74) is -1.04. The van der Waals surface area contributed by atoms with Gasteiger partial charge in [-0.25, -0.2) is 4.79 Å². The Hall–Kier alpha value is -1.30. The lowest BCUT2D eigenvalue weighted by atomic mass is 10.0. The maximum atomic E-state index is 11.6. The van der Waals surface area contributed by atoms with Gasteiger partial charge in [-0.15, -0.1) is 0 Å². The zero-order valence-corrected chi connectivity index (χ0v) is 12.9. The number of aliphatic carboxylic acids is 1. The monoisotopic (exact) mass is 286 g/mol. The quantitative estimate of drug-likeness (QED) is 0.589. The highest BCUT2D eigenvalue weighted by atomic mass is 16.4. The number of hydrogen-bond acceptors (Lipinski definition) is 3. The zero-order valence-electron chi connectivity index (χ0n) is 12.9. The van der Waals surface area contributed by atoms with Crippen LogP contribution >= 0.6 is 0 Å². The number of carboxylic acids is 1. The van der Waals surface area contributed by atoms with E-state index >= 15 is 0 Å². The molecule has 20 heavy (non-hydrogen) atoms. The summed E-state index contributed by atoms with van der Waals surface area (Å²) < 4.78 is 0. The SMILES string of the molecule is CC(O)(CNC(=O)NCC1C(C)(C)C1(C)C)CC(=O)O. The smallest absolute Gasteiger partial charge is 0.314 e. The van der Waals surface area contributed by atoms with E-state index in [4.69, 9.17) is 5.11 Å². The second-order valence-electron chi connectivity index (χ2n) is 7.13. The molecule has 116 valence electrons. The van der Waals surface area contributed by atoms with Gasteiger partial charge >= 0.3 is 12.0 Å². The van der Waals surface area contributed by atoms with Crippen LogP contribution in [0, 0.1) is 16.7 Å². The lowest BCUT2D eigenvalue weighted by molar-refractivity contribution is -0.141. The third kappa shape index (κ3) is 3.62. The minimum atomic E-state index is -1.44. The molecule has 6 heteroatoms. The average molecular weight is 286 g/mol. The van der Waals surface area contributed by atoms with E-state index in [1.807, 2.05) is 0 Å². The van der Waals surface area contributed by atoms with Crippen LogP contribution in [-0.4, -0.2) is 40.9 Å². The molecule has 0 bridgehead atoms. The van der Waals surface area contributed by atoms with E-state index in [0.717, 1.165) is 0 Å². The molecule has 1 aliphatic carbocycles. The second kappa shape index (κ2) is 5.24. The summed E-state index contributed by atoms with van der Waals surface area (Å²) in [5, 5.41) is 23.7. The van der Waals surface area contributed by atoms with E-state index in [2.05, 4.69) is 38.3 Å². The highest BCUT2D eigenvalue weighted by Gasteiger charge is 2.64. The van der Waals surface area contributed by atoms with Crippen LogP contribution in [0.5, 0.6) is 0 Å². The van der Waals surface area contributed by atoms with Crippen LogP contribution in [0.15, 0.2) is 0 Å². The number of carbonyl (C=O) groups is 2. The van der Waals surface area contributed by atoms with E-state index in [1.165, 1.54) is 6.92 Å². The maximum absolute atomic E-state index is 11.6. The van der Waals surface area contributed by atoms with Gasteiger partial charge in [0, 0.05) is 13.1 Å². The first kappa shape index (κ1) is 16.8. The fourth-order valence-electron chi connectivity index (χ4n) is 2.76. The van der Waals surface area contributed by atoms with Crippen molar-refractivity contribution in [3.63, 3.8) is 0 Å². The highest BCUT2D eigenvalue weighted by Crippen LogP contribution is 2.67. The Kier molecular flexibility index (Phi) is 4.39. The predicted octanol–water partition coefficient (Wildman–Crippen LogP) is 1.19. The van der Waals surface area contributed by atoms with Gasteiger partial charge in [0.05, 0.1) is 12.0 Å². The third-order valence-electron chi connectivity index (χ3n) is 4.95. The Balaban J connectivity index is 2.31. The summed E-state index contributed by atoms with van der Waals surface area (Å²) in [4.78, 5) is 22.2. The first-order valence-corrected chi connectivity index (χ1v) is 6.86. The van der Waals surface area contributed by atoms with Gasteiger partial charge in [0.1, 0.15) is 0 Å². The fourth-order valence-corrected chi connectivity index (χ4v) is 2.76. The Labute approximate surface area is 119 Å². The first-order valence-electron chi connectivity index (χ1n) is 6.86. The van der Waals surface area contributed by atoms with Gasteiger partial charge in [-0.2, -0.15) is 0 Å². The molecule has 1 rings (SSSR count). The van der Waals surface area contributed by atoms with Crippen molar-refractivity contribution >= 4 is 12.0 Å². The molecule has 1 saturated carbocycles. The molecule has 0 aromatic rings. The number of urea groups is 1. The van der Waals surface area contributed by atoms with Crippen LogP contribution in [-0.2, 0) is 4.79 Å². The molecule has 0 saturated heterocycles. The van der Waals surface area contributed by atoms with Crippen LogP contribution < -0.4 is 10.6 Å². The van der Waals surface area contributed by atoms with Crippen molar-refractivity contribution < 1.29 is 19.8 Å². The van der Waals surface area contributed by atoms with Crippen molar-refractivity contribution in [2.24, 2.45) is 16.7 Å². The number of aliphatic hydroxyl groups is 1. The van der Waals surface area contributed by atoms with Crippen LogP contribution in [0.3, 0.4) is 0 Å². The van der Waals surface area contributed by atoms with Crippen molar-refractivity contribution in [1.29, 1.82) is 0 Å². The van der Waals surface area contributed by atoms with Gasteiger partial charge in [-0.3, -0.25) is 4.79 Å². The molecule has 0 heterocycles. The second-order valence-corrected chi connectivity index (χ2v) is 7.13. The minimum absolute atomic E-state index is 0.0947. The summed E-state index contributed by atoms with van der Waals surface area (Å²) in [5.74, 6) is -0.682. The number of hydrogen-bond donors (Lipinski definition) is 4. The normalized spacial score (nSPS) is 22.7. The van der Waals surface area contributed by atoms with Crippen LogP contribution in [0.1, 0.15) is 41.0 Å². The van der Waals surface area contributed by atoms with Crippen molar-refractivity contribution in [2.75, 3.05) is 13.1 Å².